The van der Waals surface area contributed by atoms with Crippen LogP contribution in [0.15, 0.2) is 9.42 Å². The molecule has 7 nitrogen and oxygen atoms in total. The van der Waals surface area contributed by atoms with E-state index in [4.69, 9.17) is 9.26 Å². The van der Waals surface area contributed by atoms with E-state index in [0.29, 0.717) is 28.5 Å². The summed E-state index contributed by atoms with van der Waals surface area (Å²) >= 11 is 1.49. The summed E-state index contributed by atoms with van der Waals surface area (Å²) in [6.07, 6.45) is 4.64. The van der Waals surface area contributed by atoms with Crippen molar-refractivity contribution >= 4 is 17.7 Å². The summed E-state index contributed by atoms with van der Waals surface area (Å²) < 4.78 is 11.3. The molecule has 1 aromatic rings. The molecule has 4 aliphatic rings. The van der Waals surface area contributed by atoms with Crippen molar-refractivity contribution in [3.8, 4) is 5.88 Å². The van der Waals surface area contributed by atoms with Gasteiger partial charge in [-0.05, 0) is 55.0 Å². The Labute approximate surface area is 182 Å². The zero-order chi connectivity index (χ0) is 21.7. The smallest absolute Gasteiger partial charge is 0.291 e. The van der Waals surface area contributed by atoms with Crippen molar-refractivity contribution in [2.24, 2.45) is 23.2 Å². The van der Waals surface area contributed by atoms with Crippen molar-refractivity contribution in [1.29, 1.82) is 0 Å². The van der Waals surface area contributed by atoms with E-state index in [1.54, 1.807) is 0 Å². The molecule has 1 amide bonds. The number of aliphatic hydroxyl groups is 2. The van der Waals surface area contributed by atoms with Gasteiger partial charge in [0.1, 0.15) is 4.90 Å². The lowest BCUT2D eigenvalue weighted by Gasteiger charge is -2.58. The van der Waals surface area contributed by atoms with Crippen LogP contribution < -0.4 is 10.1 Å². The highest BCUT2D eigenvalue weighted by atomic mass is 32.2. The fourth-order valence-corrected chi connectivity index (χ4v) is 6.49. The van der Waals surface area contributed by atoms with Crippen molar-refractivity contribution < 1.29 is 24.3 Å². The van der Waals surface area contributed by atoms with E-state index in [1.165, 1.54) is 11.8 Å². The van der Waals surface area contributed by atoms with E-state index >= 15 is 0 Å². The standard InChI is InChI=1S/C22H34N2O5S/c1-12(2)30-18-17(29-24-20(18)28-11-21(3,4)10-25)19(26)23-16-14-5-13-6-15(16)9-22(27,7-13)8-14/h12-16,25,27H,5-11H2,1-4H3,(H,23,26)/t13?,14?,15?,16-,22-. The highest BCUT2D eigenvalue weighted by molar-refractivity contribution is 8.00. The van der Waals surface area contributed by atoms with Gasteiger partial charge in [0.05, 0.1) is 18.8 Å². The predicted octanol–water partition coefficient (Wildman–Crippen LogP) is 3.24. The van der Waals surface area contributed by atoms with E-state index in [0.717, 1.165) is 32.1 Å². The lowest BCUT2D eigenvalue weighted by atomic mass is 9.52. The average molecular weight is 439 g/mol. The first-order chi connectivity index (χ1) is 14.1. The molecule has 168 valence electrons. The van der Waals surface area contributed by atoms with Crippen molar-refractivity contribution in [1.82, 2.24) is 10.5 Å². The summed E-state index contributed by atoms with van der Waals surface area (Å²) in [5, 5.41) is 27.7. The third kappa shape index (κ3) is 4.36. The highest BCUT2D eigenvalue weighted by Gasteiger charge is 2.55. The van der Waals surface area contributed by atoms with Crippen LogP contribution in [0.3, 0.4) is 0 Å². The number of thioether (sulfide) groups is 1. The van der Waals surface area contributed by atoms with Gasteiger partial charge in [0.2, 0.25) is 5.76 Å². The number of carbonyl (C=O) groups excluding carboxylic acids is 1. The van der Waals surface area contributed by atoms with Crippen LogP contribution in [0.2, 0.25) is 0 Å². The molecule has 4 bridgehead atoms. The fraction of sp³-hybridized carbons (Fsp3) is 0.818. The number of aliphatic hydroxyl groups excluding tert-OH is 1. The van der Waals surface area contributed by atoms with E-state index < -0.39 is 11.0 Å². The number of amides is 1. The summed E-state index contributed by atoms with van der Waals surface area (Å²) in [6, 6.07) is 0.0778. The molecular weight excluding hydrogens is 404 g/mol. The predicted molar refractivity (Wildman–Crippen MR) is 114 cm³/mol. The zero-order valence-electron chi connectivity index (χ0n) is 18.3. The summed E-state index contributed by atoms with van der Waals surface area (Å²) in [6.45, 7) is 8.14. The van der Waals surface area contributed by atoms with Crippen molar-refractivity contribution in [3.63, 3.8) is 0 Å². The number of carbonyl (C=O) groups is 1. The number of ether oxygens (including phenoxy) is 1. The number of rotatable bonds is 8. The Hall–Kier alpha value is -1.25. The summed E-state index contributed by atoms with van der Waals surface area (Å²) in [4.78, 5) is 13.8. The second-order valence-corrected chi connectivity index (χ2v) is 12.2. The Morgan fingerprint density at radius 3 is 2.57 bits per heavy atom. The molecular formula is C22H34N2O5S. The molecule has 30 heavy (non-hydrogen) atoms. The van der Waals surface area contributed by atoms with Crippen LogP contribution in [-0.2, 0) is 0 Å². The van der Waals surface area contributed by atoms with Crippen LogP contribution in [0, 0.1) is 23.2 Å². The van der Waals surface area contributed by atoms with E-state index in [1.807, 2.05) is 27.7 Å². The van der Waals surface area contributed by atoms with Crippen LogP contribution in [0.1, 0.15) is 70.4 Å². The molecule has 8 heteroatoms. The molecule has 0 aromatic carbocycles. The quantitative estimate of drug-likeness (QED) is 0.535. The first-order valence-electron chi connectivity index (χ1n) is 11.0. The monoisotopic (exact) mass is 438 g/mol. The topological polar surface area (TPSA) is 105 Å². The molecule has 0 aliphatic heterocycles. The maximum Gasteiger partial charge on any atom is 0.291 e. The number of nitrogens with zero attached hydrogens (tertiary/aromatic N) is 1. The SMILES string of the molecule is CC(C)Sc1c(OCC(C)(C)CO)noc1C(=O)N[C@H]1C2CC3CC1C[C@](O)(C3)C2. The van der Waals surface area contributed by atoms with Gasteiger partial charge in [-0.15, -0.1) is 11.8 Å². The molecule has 0 radical (unpaired) electrons. The fourth-order valence-electron chi connectivity index (χ4n) is 5.59. The largest absolute Gasteiger partial charge is 0.474 e. The van der Waals surface area contributed by atoms with Gasteiger partial charge in [-0.25, -0.2) is 0 Å². The Bertz CT molecular complexity index is 776. The van der Waals surface area contributed by atoms with Crippen molar-refractivity contribution in [2.45, 2.75) is 81.6 Å². The molecule has 2 atom stereocenters. The summed E-state index contributed by atoms with van der Waals surface area (Å²) in [7, 11) is 0. The maximum absolute atomic E-state index is 13.2. The van der Waals surface area contributed by atoms with Gasteiger partial charge in [-0.3, -0.25) is 4.79 Å². The average Bonchev–Trinajstić information content (AvgIpc) is 3.03. The molecule has 4 aliphatic carbocycles. The second kappa shape index (κ2) is 8.02. The van der Waals surface area contributed by atoms with Gasteiger partial charge in [0.25, 0.3) is 11.8 Å². The minimum Gasteiger partial charge on any atom is -0.474 e. The molecule has 1 aromatic heterocycles. The van der Waals surface area contributed by atoms with Gasteiger partial charge in [-0.1, -0.05) is 27.7 Å². The second-order valence-electron chi connectivity index (χ2n) is 10.6. The number of hydrogen-bond acceptors (Lipinski definition) is 7. The molecule has 0 spiro atoms. The van der Waals surface area contributed by atoms with E-state index in [2.05, 4.69) is 10.5 Å². The lowest BCUT2D eigenvalue weighted by Crippen LogP contribution is -2.61. The van der Waals surface area contributed by atoms with Crippen LogP contribution in [0.25, 0.3) is 0 Å². The third-order valence-electron chi connectivity index (χ3n) is 6.75. The van der Waals surface area contributed by atoms with E-state index in [9.17, 15) is 15.0 Å². The number of nitrogens with one attached hydrogen (secondary N) is 1. The summed E-state index contributed by atoms with van der Waals surface area (Å²) in [5.74, 6) is 1.49. The Balaban J connectivity index is 1.49. The molecule has 4 saturated carbocycles. The molecule has 3 N–H and O–H groups in total. The molecule has 0 saturated heterocycles. The normalized spacial score (nSPS) is 32.6. The van der Waals surface area contributed by atoms with Gasteiger partial charge < -0.3 is 24.8 Å². The highest BCUT2D eigenvalue weighted by Crippen LogP contribution is 2.55. The van der Waals surface area contributed by atoms with Gasteiger partial charge in [0, 0.05) is 16.7 Å². The molecule has 5 rings (SSSR count). The third-order valence-corrected chi connectivity index (χ3v) is 7.81. The number of aromatic nitrogens is 1. The van der Waals surface area contributed by atoms with Crippen LogP contribution in [0.4, 0.5) is 0 Å². The number of hydrogen-bond donors (Lipinski definition) is 3. The van der Waals surface area contributed by atoms with Crippen molar-refractivity contribution in [3.05, 3.63) is 5.76 Å². The first kappa shape index (κ1) is 22.0. The Morgan fingerprint density at radius 2 is 2.00 bits per heavy atom. The molecule has 1 heterocycles. The van der Waals surface area contributed by atoms with Crippen LogP contribution in [0.5, 0.6) is 5.88 Å². The van der Waals surface area contributed by atoms with Crippen LogP contribution >= 0.6 is 11.8 Å². The minimum absolute atomic E-state index is 0.0113. The van der Waals surface area contributed by atoms with Gasteiger partial charge >= 0.3 is 0 Å². The Kier molecular flexibility index (Phi) is 5.87. The Morgan fingerprint density at radius 1 is 1.33 bits per heavy atom. The van der Waals surface area contributed by atoms with Crippen LogP contribution in [-0.4, -0.2) is 51.4 Å². The lowest BCUT2D eigenvalue weighted by molar-refractivity contribution is -0.137. The molecule has 4 fully saturated rings. The summed E-state index contributed by atoms with van der Waals surface area (Å²) in [5.41, 5.74) is -0.940. The van der Waals surface area contributed by atoms with Gasteiger partial charge in [0.15, 0.2) is 0 Å². The molecule has 2 unspecified atom stereocenters. The van der Waals surface area contributed by atoms with Crippen molar-refractivity contribution in [2.75, 3.05) is 13.2 Å². The van der Waals surface area contributed by atoms with E-state index in [-0.39, 0.29) is 36.2 Å². The first-order valence-corrected chi connectivity index (χ1v) is 11.9. The zero-order valence-corrected chi connectivity index (χ0v) is 19.1. The minimum atomic E-state index is -0.525. The maximum atomic E-state index is 13.2. The van der Waals surface area contributed by atoms with Gasteiger partial charge in [-0.2, -0.15) is 0 Å².